The van der Waals surface area contributed by atoms with Gasteiger partial charge in [-0.05, 0) is 6.42 Å². The van der Waals surface area contributed by atoms with E-state index in [-0.39, 0.29) is 6.04 Å². The molecule has 18 heavy (non-hydrogen) atoms. The standard InChI is InChI=1S/C12H22N2O3S/c1-3-11(12-13-4-7-18-12)14-8-10(15)9-17-6-5-16-2/h4,7,10-11,14-15H,3,5-6,8-9H2,1-2H3. The lowest BCUT2D eigenvalue weighted by molar-refractivity contribution is 0.0128. The van der Waals surface area contributed by atoms with Gasteiger partial charge in [0.05, 0.1) is 32.0 Å². The van der Waals surface area contributed by atoms with Crippen LogP contribution < -0.4 is 5.32 Å². The molecule has 2 atom stereocenters. The number of aliphatic hydroxyl groups excluding tert-OH is 1. The van der Waals surface area contributed by atoms with E-state index in [2.05, 4.69) is 17.2 Å². The maximum Gasteiger partial charge on any atom is 0.109 e. The fourth-order valence-corrected chi connectivity index (χ4v) is 2.31. The van der Waals surface area contributed by atoms with Crippen LogP contribution in [0.1, 0.15) is 24.4 Å². The molecule has 0 aliphatic rings. The molecule has 104 valence electrons. The lowest BCUT2D eigenvalue weighted by atomic mass is 10.2. The van der Waals surface area contributed by atoms with Crippen molar-refractivity contribution in [3.05, 3.63) is 16.6 Å². The molecular weight excluding hydrogens is 252 g/mol. The molecular formula is C12H22N2O3S. The molecule has 1 rings (SSSR count). The largest absolute Gasteiger partial charge is 0.389 e. The number of aromatic nitrogens is 1. The van der Waals surface area contributed by atoms with E-state index in [0.29, 0.717) is 26.4 Å². The smallest absolute Gasteiger partial charge is 0.109 e. The van der Waals surface area contributed by atoms with Crippen LogP contribution in [0.2, 0.25) is 0 Å². The normalized spacial score (nSPS) is 14.6. The summed E-state index contributed by atoms with van der Waals surface area (Å²) >= 11 is 1.63. The van der Waals surface area contributed by atoms with E-state index >= 15 is 0 Å². The predicted molar refractivity (Wildman–Crippen MR) is 71.9 cm³/mol. The predicted octanol–water partition coefficient (Wildman–Crippen LogP) is 1.21. The lowest BCUT2D eigenvalue weighted by Gasteiger charge is -2.17. The van der Waals surface area contributed by atoms with Gasteiger partial charge in [0, 0.05) is 25.2 Å². The number of nitrogens with zero attached hydrogens (tertiary/aromatic N) is 1. The number of methoxy groups -OCH3 is 1. The Morgan fingerprint density at radius 3 is 2.94 bits per heavy atom. The van der Waals surface area contributed by atoms with Crippen LogP contribution in [0, 0.1) is 0 Å². The molecule has 2 N–H and O–H groups in total. The zero-order valence-corrected chi connectivity index (χ0v) is 11.8. The van der Waals surface area contributed by atoms with Crippen LogP contribution in [0.15, 0.2) is 11.6 Å². The van der Waals surface area contributed by atoms with Gasteiger partial charge in [-0.1, -0.05) is 6.92 Å². The molecule has 0 bridgehead atoms. The molecule has 0 saturated heterocycles. The monoisotopic (exact) mass is 274 g/mol. The number of nitrogens with one attached hydrogen (secondary N) is 1. The van der Waals surface area contributed by atoms with Crippen LogP contribution in [-0.2, 0) is 9.47 Å². The van der Waals surface area contributed by atoms with Crippen molar-refractivity contribution in [3.8, 4) is 0 Å². The van der Waals surface area contributed by atoms with Crippen molar-refractivity contribution in [2.45, 2.75) is 25.5 Å². The van der Waals surface area contributed by atoms with Crippen molar-refractivity contribution in [1.82, 2.24) is 10.3 Å². The molecule has 0 aliphatic heterocycles. The summed E-state index contributed by atoms with van der Waals surface area (Å²) in [4.78, 5) is 4.28. The fraction of sp³-hybridized carbons (Fsp3) is 0.750. The Morgan fingerprint density at radius 2 is 2.33 bits per heavy atom. The van der Waals surface area contributed by atoms with Gasteiger partial charge in [0.15, 0.2) is 0 Å². The molecule has 0 spiro atoms. The number of thiazole rings is 1. The molecule has 0 aliphatic carbocycles. The fourth-order valence-electron chi connectivity index (χ4n) is 1.51. The average molecular weight is 274 g/mol. The van der Waals surface area contributed by atoms with Gasteiger partial charge in [0.1, 0.15) is 5.01 Å². The first-order valence-electron chi connectivity index (χ1n) is 6.15. The van der Waals surface area contributed by atoms with Gasteiger partial charge in [-0.2, -0.15) is 0 Å². The Kier molecular flexibility index (Phi) is 8.11. The van der Waals surface area contributed by atoms with Gasteiger partial charge in [-0.3, -0.25) is 0 Å². The summed E-state index contributed by atoms with van der Waals surface area (Å²) in [6.45, 7) is 3.99. The van der Waals surface area contributed by atoms with E-state index < -0.39 is 6.10 Å². The second kappa shape index (κ2) is 9.41. The molecule has 1 aromatic rings. The summed E-state index contributed by atoms with van der Waals surface area (Å²) < 4.78 is 10.1. The highest BCUT2D eigenvalue weighted by atomic mass is 32.1. The van der Waals surface area contributed by atoms with E-state index in [0.717, 1.165) is 11.4 Å². The van der Waals surface area contributed by atoms with Crippen LogP contribution in [0.25, 0.3) is 0 Å². The third kappa shape index (κ3) is 5.88. The number of hydrogen-bond acceptors (Lipinski definition) is 6. The number of rotatable bonds is 10. The highest BCUT2D eigenvalue weighted by Gasteiger charge is 2.13. The number of ether oxygens (including phenoxy) is 2. The van der Waals surface area contributed by atoms with Gasteiger partial charge < -0.3 is 19.9 Å². The van der Waals surface area contributed by atoms with E-state index in [1.54, 1.807) is 24.6 Å². The summed E-state index contributed by atoms with van der Waals surface area (Å²) in [5.74, 6) is 0. The maximum atomic E-state index is 9.75. The average Bonchev–Trinajstić information content (AvgIpc) is 2.89. The number of hydrogen-bond donors (Lipinski definition) is 2. The number of aliphatic hydroxyl groups is 1. The minimum Gasteiger partial charge on any atom is -0.389 e. The first-order chi connectivity index (χ1) is 8.77. The minimum atomic E-state index is -0.504. The Balaban J connectivity index is 2.18. The van der Waals surface area contributed by atoms with Crippen molar-refractivity contribution < 1.29 is 14.6 Å². The van der Waals surface area contributed by atoms with Gasteiger partial charge in [-0.15, -0.1) is 11.3 Å². The second-order valence-electron chi connectivity index (χ2n) is 3.96. The third-order valence-corrected chi connectivity index (χ3v) is 3.39. The quantitative estimate of drug-likeness (QED) is 0.628. The van der Waals surface area contributed by atoms with Crippen molar-refractivity contribution in [3.63, 3.8) is 0 Å². The molecule has 5 nitrogen and oxygen atoms in total. The molecule has 0 fully saturated rings. The van der Waals surface area contributed by atoms with Gasteiger partial charge in [0.25, 0.3) is 0 Å². The molecule has 0 aromatic carbocycles. The Hall–Kier alpha value is -0.530. The minimum absolute atomic E-state index is 0.207. The summed E-state index contributed by atoms with van der Waals surface area (Å²) in [5.41, 5.74) is 0. The van der Waals surface area contributed by atoms with Gasteiger partial charge in [0.2, 0.25) is 0 Å². The summed E-state index contributed by atoms with van der Waals surface area (Å²) in [6.07, 6.45) is 2.25. The second-order valence-corrected chi connectivity index (χ2v) is 4.89. The zero-order valence-electron chi connectivity index (χ0n) is 11.0. The first kappa shape index (κ1) is 15.5. The zero-order chi connectivity index (χ0) is 13.2. The summed E-state index contributed by atoms with van der Waals surface area (Å²) in [6, 6.07) is 0.207. The van der Waals surface area contributed by atoms with Crippen LogP contribution in [0.4, 0.5) is 0 Å². The summed E-state index contributed by atoms with van der Waals surface area (Å²) in [5, 5.41) is 16.1. The Morgan fingerprint density at radius 1 is 1.50 bits per heavy atom. The first-order valence-corrected chi connectivity index (χ1v) is 7.03. The van der Waals surface area contributed by atoms with E-state index in [1.165, 1.54) is 0 Å². The van der Waals surface area contributed by atoms with Crippen molar-refractivity contribution in [1.29, 1.82) is 0 Å². The van der Waals surface area contributed by atoms with Crippen LogP contribution in [0.3, 0.4) is 0 Å². The molecule has 1 aromatic heterocycles. The lowest BCUT2D eigenvalue weighted by Crippen LogP contribution is -2.33. The van der Waals surface area contributed by atoms with E-state index in [9.17, 15) is 5.11 Å². The van der Waals surface area contributed by atoms with Gasteiger partial charge in [-0.25, -0.2) is 4.98 Å². The molecule has 0 amide bonds. The molecule has 6 heteroatoms. The van der Waals surface area contributed by atoms with Crippen LogP contribution in [-0.4, -0.2) is 49.7 Å². The van der Waals surface area contributed by atoms with Gasteiger partial charge >= 0.3 is 0 Å². The van der Waals surface area contributed by atoms with Crippen molar-refractivity contribution >= 4 is 11.3 Å². The molecule has 0 radical (unpaired) electrons. The van der Waals surface area contributed by atoms with E-state index in [1.807, 2.05) is 5.38 Å². The Bertz CT molecular complexity index is 296. The Labute approximate surface area is 112 Å². The highest BCUT2D eigenvalue weighted by molar-refractivity contribution is 7.09. The van der Waals surface area contributed by atoms with E-state index in [4.69, 9.17) is 9.47 Å². The third-order valence-electron chi connectivity index (χ3n) is 2.50. The summed E-state index contributed by atoms with van der Waals surface area (Å²) in [7, 11) is 1.63. The molecule has 0 saturated carbocycles. The SMILES string of the molecule is CCC(NCC(O)COCCOC)c1nccs1. The van der Waals surface area contributed by atoms with Crippen LogP contribution >= 0.6 is 11.3 Å². The van der Waals surface area contributed by atoms with Crippen LogP contribution in [0.5, 0.6) is 0 Å². The molecule has 1 heterocycles. The van der Waals surface area contributed by atoms with Crippen molar-refractivity contribution in [2.24, 2.45) is 0 Å². The maximum absolute atomic E-state index is 9.75. The highest BCUT2D eigenvalue weighted by Crippen LogP contribution is 2.18. The topological polar surface area (TPSA) is 63.6 Å². The van der Waals surface area contributed by atoms with Crippen molar-refractivity contribution in [2.75, 3.05) is 33.5 Å². The molecule has 2 unspecified atom stereocenters.